The zero-order valence-electron chi connectivity index (χ0n) is 18.4. The largest absolute Gasteiger partial charge is 0.497 e. The number of fused-ring (bicyclic) bond motifs is 1. The molecule has 0 aromatic heterocycles. The molecule has 4 rings (SSSR count). The van der Waals surface area contributed by atoms with Crippen molar-refractivity contribution in [3.05, 3.63) is 23.3 Å². The van der Waals surface area contributed by atoms with Crippen LogP contribution < -0.4 is 9.47 Å². The van der Waals surface area contributed by atoms with Crippen LogP contribution in [0.5, 0.6) is 11.5 Å². The highest BCUT2D eigenvalue weighted by atomic mass is 16.7. The molecule has 0 aliphatic carbocycles. The van der Waals surface area contributed by atoms with Crippen molar-refractivity contribution in [2.24, 2.45) is 0 Å². The SMILES string of the molecule is COc1cc(OC)c2c(c1)[C@@H](CCCCC[C@H]1CCC[C@]3(CC[C@H](C)O3)O1)OC2=O. The molecular formula is C24H34O6. The van der Waals surface area contributed by atoms with Crippen molar-refractivity contribution >= 4 is 5.97 Å². The van der Waals surface area contributed by atoms with Gasteiger partial charge in [-0.15, -0.1) is 0 Å². The van der Waals surface area contributed by atoms with Crippen LogP contribution in [0.1, 0.15) is 93.2 Å². The van der Waals surface area contributed by atoms with Gasteiger partial charge in [-0.1, -0.05) is 12.8 Å². The second-order valence-corrected chi connectivity index (χ2v) is 8.84. The number of carbonyl (C=O) groups is 1. The molecule has 3 heterocycles. The number of ether oxygens (including phenoxy) is 5. The number of rotatable bonds is 8. The van der Waals surface area contributed by atoms with Gasteiger partial charge < -0.3 is 23.7 Å². The molecule has 6 heteroatoms. The molecular weight excluding hydrogens is 384 g/mol. The van der Waals surface area contributed by atoms with Gasteiger partial charge in [0.15, 0.2) is 5.79 Å². The van der Waals surface area contributed by atoms with E-state index in [0.29, 0.717) is 29.3 Å². The topological polar surface area (TPSA) is 63.2 Å². The Balaban J connectivity index is 1.25. The minimum Gasteiger partial charge on any atom is -0.497 e. The molecule has 0 radical (unpaired) electrons. The average Bonchev–Trinajstić information content (AvgIpc) is 3.26. The molecule has 4 atom stereocenters. The van der Waals surface area contributed by atoms with Crippen molar-refractivity contribution in [2.45, 2.75) is 95.2 Å². The van der Waals surface area contributed by atoms with Gasteiger partial charge in [-0.05, 0) is 51.5 Å². The quantitative estimate of drug-likeness (QED) is 0.420. The zero-order chi connectivity index (χ0) is 21.1. The van der Waals surface area contributed by atoms with Crippen molar-refractivity contribution in [1.29, 1.82) is 0 Å². The van der Waals surface area contributed by atoms with Crippen molar-refractivity contribution < 1.29 is 28.5 Å². The fourth-order valence-corrected chi connectivity index (χ4v) is 5.11. The lowest BCUT2D eigenvalue weighted by Crippen LogP contribution is -2.40. The maximum Gasteiger partial charge on any atom is 0.342 e. The molecule has 30 heavy (non-hydrogen) atoms. The third kappa shape index (κ3) is 4.45. The third-order valence-electron chi connectivity index (χ3n) is 6.67. The van der Waals surface area contributed by atoms with E-state index in [4.69, 9.17) is 23.7 Å². The number of hydrogen-bond acceptors (Lipinski definition) is 6. The van der Waals surface area contributed by atoms with E-state index in [0.717, 1.165) is 63.4 Å². The fraction of sp³-hybridized carbons (Fsp3) is 0.708. The van der Waals surface area contributed by atoms with Crippen LogP contribution in [0.2, 0.25) is 0 Å². The van der Waals surface area contributed by atoms with E-state index in [1.54, 1.807) is 20.3 Å². The second kappa shape index (κ2) is 9.15. The summed E-state index contributed by atoms with van der Waals surface area (Å²) in [7, 11) is 3.17. The monoisotopic (exact) mass is 418 g/mol. The first-order chi connectivity index (χ1) is 14.5. The molecule has 0 saturated carbocycles. The Morgan fingerprint density at radius 3 is 2.60 bits per heavy atom. The number of unbranched alkanes of at least 4 members (excludes halogenated alkanes) is 2. The van der Waals surface area contributed by atoms with E-state index < -0.39 is 0 Å². The third-order valence-corrected chi connectivity index (χ3v) is 6.67. The molecule has 1 spiro atoms. The smallest absolute Gasteiger partial charge is 0.342 e. The Bertz CT molecular complexity index is 758. The van der Waals surface area contributed by atoms with Crippen LogP contribution in [0.4, 0.5) is 0 Å². The van der Waals surface area contributed by atoms with Crippen LogP contribution in [-0.2, 0) is 14.2 Å². The van der Waals surface area contributed by atoms with Crippen LogP contribution >= 0.6 is 0 Å². The summed E-state index contributed by atoms with van der Waals surface area (Å²) in [6, 6.07) is 3.62. The minimum atomic E-state index is -0.304. The summed E-state index contributed by atoms with van der Waals surface area (Å²) in [6.07, 6.45) is 11.0. The number of hydrogen-bond donors (Lipinski definition) is 0. The first-order valence-electron chi connectivity index (χ1n) is 11.4. The van der Waals surface area contributed by atoms with Gasteiger partial charge in [-0.25, -0.2) is 4.79 Å². The molecule has 0 amide bonds. The molecule has 166 valence electrons. The van der Waals surface area contributed by atoms with E-state index >= 15 is 0 Å². The summed E-state index contributed by atoms with van der Waals surface area (Å²) in [5.41, 5.74) is 1.41. The van der Waals surface area contributed by atoms with E-state index in [-0.39, 0.29) is 17.9 Å². The van der Waals surface area contributed by atoms with Gasteiger partial charge >= 0.3 is 5.97 Å². The minimum absolute atomic E-state index is 0.223. The van der Waals surface area contributed by atoms with Crippen LogP contribution in [0, 0.1) is 0 Å². The van der Waals surface area contributed by atoms with Crippen LogP contribution in [0.3, 0.4) is 0 Å². The number of methoxy groups -OCH3 is 2. The van der Waals surface area contributed by atoms with Gasteiger partial charge in [0.05, 0.1) is 26.4 Å². The Morgan fingerprint density at radius 1 is 1.03 bits per heavy atom. The van der Waals surface area contributed by atoms with Gasteiger partial charge in [0, 0.05) is 24.5 Å². The molecule has 3 aliphatic rings. The normalized spacial score (nSPS) is 30.4. The zero-order valence-corrected chi connectivity index (χ0v) is 18.4. The Hall–Kier alpha value is -1.79. The molecule has 1 aromatic carbocycles. The summed E-state index contributed by atoms with van der Waals surface area (Å²) in [6.45, 7) is 2.14. The van der Waals surface area contributed by atoms with E-state index in [2.05, 4.69) is 6.92 Å². The van der Waals surface area contributed by atoms with Crippen molar-refractivity contribution in [2.75, 3.05) is 14.2 Å². The first-order valence-corrected chi connectivity index (χ1v) is 11.4. The van der Waals surface area contributed by atoms with Crippen molar-refractivity contribution in [1.82, 2.24) is 0 Å². The Morgan fingerprint density at radius 2 is 1.87 bits per heavy atom. The van der Waals surface area contributed by atoms with Gasteiger partial charge in [0.25, 0.3) is 0 Å². The van der Waals surface area contributed by atoms with Crippen LogP contribution in [-0.4, -0.2) is 38.2 Å². The van der Waals surface area contributed by atoms with Gasteiger partial charge in [-0.3, -0.25) is 0 Å². The summed E-state index contributed by atoms with van der Waals surface area (Å²) >= 11 is 0. The number of esters is 1. The van der Waals surface area contributed by atoms with E-state index in [1.165, 1.54) is 6.42 Å². The summed E-state index contributed by atoms with van der Waals surface area (Å²) in [4.78, 5) is 12.3. The summed E-state index contributed by atoms with van der Waals surface area (Å²) in [5.74, 6) is 0.591. The predicted molar refractivity (Wildman–Crippen MR) is 112 cm³/mol. The van der Waals surface area contributed by atoms with E-state index in [1.807, 2.05) is 6.07 Å². The number of carbonyl (C=O) groups excluding carboxylic acids is 1. The summed E-state index contributed by atoms with van der Waals surface area (Å²) < 4.78 is 28.8. The average molecular weight is 419 g/mol. The maximum atomic E-state index is 12.3. The van der Waals surface area contributed by atoms with Crippen molar-refractivity contribution in [3.63, 3.8) is 0 Å². The van der Waals surface area contributed by atoms with Crippen molar-refractivity contribution in [3.8, 4) is 11.5 Å². The molecule has 2 saturated heterocycles. The lowest BCUT2D eigenvalue weighted by atomic mass is 9.95. The molecule has 6 nitrogen and oxygen atoms in total. The second-order valence-electron chi connectivity index (χ2n) is 8.84. The molecule has 0 unspecified atom stereocenters. The lowest BCUT2D eigenvalue weighted by molar-refractivity contribution is -0.269. The lowest BCUT2D eigenvalue weighted by Gasteiger charge is -2.38. The van der Waals surface area contributed by atoms with Gasteiger partial charge in [0.2, 0.25) is 0 Å². The molecule has 0 N–H and O–H groups in total. The molecule has 0 bridgehead atoms. The highest BCUT2D eigenvalue weighted by molar-refractivity contribution is 5.97. The highest BCUT2D eigenvalue weighted by Gasteiger charge is 2.43. The predicted octanol–water partition coefficient (Wildman–Crippen LogP) is 5.33. The fourth-order valence-electron chi connectivity index (χ4n) is 5.11. The number of cyclic esters (lactones) is 1. The molecule has 3 aliphatic heterocycles. The van der Waals surface area contributed by atoms with E-state index in [9.17, 15) is 4.79 Å². The maximum absolute atomic E-state index is 12.3. The summed E-state index contributed by atoms with van der Waals surface area (Å²) in [5, 5.41) is 0. The van der Waals surface area contributed by atoms with Gasteiger partial charge in [0.1, 0.15) is 23.2 Å². The Kier molecular flexibility index (Phi) is 6.54. The van der Waals surface area contributed by atoms with Crippen LogP contribution in [0.15, 0.2) is 12.1 Å². The standard InChI is InChI=1S/C24H34O6/c1-16-11-13-24(29-16)12-7-9-17(30-24)8-5-4-6-10-20-19-14-18(26-2)15-21(27-3)22(19)23(25)28-20/h14-17,20H,4-13H2,1-3H3/t16-,17-,20+,24+/m0/s1. The Labute approximate surface area is 179 Å². The first kappa shape index (κ1) is 21.4. The highest BCUT2D eigenvalue weighted by Crippen LogP contribution is 2.43. The molecule has 2 fully saturated rings. The number of benzene rings is 1. The molecule has 1 aromatic rings. The van der Waals surface area contributed by atoms with Crippen LogP contribution in [0.25, 0.3) is 0 Å². The van der Waals surface area contributed by atoms with Gasteiger partial charge in [-0.2, -0.15) is 0 Å².